The molecular formula is C47H51F12N7O5. The third-order valence-corrected chi connectivity index (χ3v) is 13.2. The van der Waals surface area contributed by atoms with Crippen LogP contribution in [0.5, 0.6) is 0 Å². The summed E-state index contributed by atoms with van der Waals surface area (Å²) in [7, 11) is 0. The third-order valence-electron chi connectivity index (χ3n) is 13.2. The van der Waals surface area contributed by atoms with Crippen molar-refractivity contribution in [2.24, 2.45) is 34.5 Å². The van der Waals surface area contributed by atoms with Crippen LogP contribution in [0.15, 0.2) is 61.1 Å². The van der Waals surface area contributed by atoms with Gasteiger partial charge in [-0.2, -0.15) is 54.1 Å². The maximum Gasteiger partial charge on any atom is 0.396 e. The summed E-state index contributed by atoms with van der Waals surface area (Å²) < 4.78 is 173. The molecule has 2 saturated carbocycles. The monoisotopic (exact) mass is 1020 g/mol. The van der Waals surface area contributed by atoms with Crippen LogP contribution in [0.4, 0.5) is 52.7 Å². The second-order valence-electron chi connectivity index (χ2n) is 19.3. The Morgan fingerprint density at radius 3 is 1.86 bits per heavy atom. The Hall–Kier alpha value is -5.78. The van der Waals surface area contributed by atoms with Crippen molar-refractivity contribution in [2.75, 3.05) is 6.54 Å². The maximum atomic E-state index is 16.0. The lowest BCUT2D eigenvalue weighted by atomic mass is 9.74. The van der Waals surface area contributed by atoms with E-state index in [1.54, 1.807) is 0 Å². The predicted octanol–water partition coefficient (Wildman–Crippen LogP) is 9.55. The lowest BCUT2D eigenvalue weighted by Gasteiger charge is -2.38. The fraction of sp³-hybridized carbons (Fsp3) is 0.532. The number of Topliss-reactive ketones (excluding diaryl/α,β-unsaturated/α-hetero) is 2. The minimum absolute atomic E-state index is 0.207. The summed E-state index contributed by atoms with van der Waals surface area (Å²) in [6.07, 6.45) is -9.97. The number of carbonyl (C=O) groups excluding carboxylic acids is 4. The first kappa shape index (κ1) is 54.6. The number of carbonyl (C=O) groups is 4. The van der Waals surface area contributed by atoms with Gasteiger partial charge in [0.05, 0.1) is 34.7 Å². The van der Waals surface area contributed by atoms with E-state index in [0.717, 1.165) is 24.7 Å². The summed E-state index contributed by atoms with van der Waals surface area (Å²) in [6.45, 7) is -5.45. The lowest BCUT2D eigenvalue weighted by Crippen LogP contribution is -2.57. The second-order valence-corrected chi connectivity index (χ2v) is 19.3. The molecule has 388 valence electrons. The summed E-state index contributed by atoms with van der Waals surface area (Å²) >= 11 is 0. The number of hydrogen-bond acceptors (Lipinski definition) is 8. The van der Waals surface area contributed by atoms with Crippen LogP contribution in [0.2, 0.25) is 0 Å². The van der Waals surface area contributed by atoms with Gasteiger partial charge in [-0.1, -0.05) is 38.1 Å². The van der Waals surface area contributed by atoms with E-state index >= 15 is 8.78 Å². The van der Waals surface area contributed by atoms with Gasteiger partial charge in [-0.25, -0.2) is 23.2 Å². The molecule has 24 heteroatoms. The van der Waals surface area contributed by atoms with Gasteiger partial charge in [0.2, 0.25) is 11.8 Å². The van der Waals surface area contributed by atoms with Crippen LogP contribution < -0.4 is 10.7 Å². The van der Waals surface area contributed by atoms with Crippen molar-refractivity contribution >= 4 is 23.4 Å². The van der Waals surface area contributed by atoms with Crippen molar-refractivity contribution in [3.8, 4) is 22.4 Å². The van der Waals surface area contributed by atoms with Gasteiger partial charge in [0.25, 0.3) is 0 Å². The summed E-state index contributed by atoms with van der Waals surface area (Å²) in [5, 5.41) is 22.1. The molecule has 2 heterocycles. The molecule has 4 aromatic rings. The van der Waals surface area contributed by atoms with Crippen molar-refractivity contribution in [1.29, 1.82) is 0 Å². The molecule has 0 aliphatic heterocycles. The molecule has 3 N–H and O–H groups in total. The Morgan fingerprint density at radius 2 is 1.35 bits per heavy atom. The van der Waals surface area contributed by atoms with E-state index < -0.39 is 139 Å². The van der Waals surface area contributed by atoms with Crippen molar-refractivity contribution in [2.45, 2.75) is 117 Å². The van der Waals surface area contributed by atoms with Gasteiger partial charge < -0.3 is 10.4 Å². The number of aliphatic hydroxyl groups excluding tert-OH is 1. The number of ketones is 2. The molecule has 12 nitrogen and oxygen atoms in total. The number of hydrazine groups is 1. The van der Waals surface area contributed by atoms with Gasteiger partial charge in [-0.15, -0.1) is 0 Å². The number of hydrogen-bond donors (Lipinski definition) is 3. The molecule has 2 fully saturated rings. The molecule has 0 saturated heterocycles. The molecule has 4 atom stereocenters. The predicted molar refractivity (Wildman–Crippen MR) is 229 cm³/mol. The molecule has 2 aromatic carbocycles. The molecule has 2 aromatic heterocycles. The highest BCUT2D eigenvalue weighted by Gasteiger charge is 2.57. The summed E-state index contributed by atoms with van der Waals surface area (Å²) in [4.78, 5) is 54.3. The number of alkyl halides is 10. The highest BCUT2D eigenvalue weighted by Crippen LogP contribution is 2.47. The van der Waals surface area contributed by atoms with Crippen molar-refractivity contribution in [1.82, 2.24) is 35.3 Å². The van der Waals surface area contributed by atoms with Crippen molar-refractivity contribution < 1.29 is 77.0 Å². The standard InChI is InChI=1S/C47H51F12N7O5/c1-44(2,46(54,55)56)32(19-36(67)26-9-10-26)41(71)63-64(22-31-33(48)16-28(17-34(31)49)35-13-14-65(62-35)42(50)51)23-38(69)29(15-24-5-7-25(8-6-24)30-20-60-66(21-30)43(52)53)18-37(68)39(45(3,4)47(57,58)59)61-40(70)27-11-12-27/h5-8,13-14,16-17,20-21,26-27,29,32,38-39,42-43,69H,9-12,15,18-19,22-23H2,1-4H3,(H,61,70)(H,63,71)/t29-,32-,38+,39-/m1/s1. The Kier molecular flexibility index (Phi) is 16.2. The zero-order valence-corrected chi connectivity index (χ0v) is 38.6. The van der Waals surface area contributed by atoms with Crippen LogP contribution in [0, 0.1) is 46.1 Å². The lowest BCUT2D eigenvalue weighted by molar-refractivity contribution is -0.230. The quantitative estimate of drug-likeness (QED) is 0.0491. The molecule has 0 bridgehead atoms. The smallest absolute Gasteiger partial charge is 0.391 e. The van der Waals surface area contributed by atoms with E-state index in [-0.39, 0.29) is 33.5 Å². The first-order chi connectivity index (χ1) is 33.0. The zero-order chi connectivity index (χ0) is 52.5. The first-order valence-corrected chi connectivity index (χ1v) is 22.4. The average Bonchev–Trinajstić information content (AvgIpc) is 4.21. The second kappa shape index (κ2) is 21.1. The zero-order valence-electron chi connectivity index (χ0n) is 38.6. The number of aromatic nitrogens is 4. The van der Waals surface area contributed by atoms with Crippen LogP contribution in [-0.4, -0.2) is 84.1 Å². The molecule has 2 aliphatic rings. The number of aliphatic hydroxyl groups is 1. The van der Waals surface area contributed by atoms with Gasteiger partial charge in [0.1, 0.15) is 23.5 Å². The van der Waals surface area contributed by atoms with Crippen molar-refractivity contribution in [3.05, 3.63) is 83.8 Å². The van der Waals surface area contributed by atoms with Gasteiger partial charge in [0, 0.05) is 66.9 Å². The molecular weight excluding hydrogens is 971 g/mol. The van der Waals surface area contributed by atoms with E-state index in [1.165, 1.54) is 24.3 Å². The molecule has 0 spiro atoms. The Bertz CT molecular complexity index is 2530. The van der Waals surface area contributed by atoms with Crippen LogP contribution in [0.1, 0.15) is 90.4 Å². The van der Waals surface area contributed by atoms with Gasteiger partial charge in [-0.05, 0) is 81.2 Å². The molecule has 2 aliphatic carbocycles. The van der Waals surface area contributed by atoms with Crippen LogP contribution >= 0.6 is 0 Å². The number of nitrogens with zero attached hydrogens (tertiary/aromatic N) is 5. The third kappa shape index (κ3) is 13.0. The van der Waals surface area contributed by atoms with Gasteiger partial charge >= 0.3 is 25.5 Å². The van der Waals surface area contributed by atoms with Gasteiger partial charge in [0.15, 0.2) is 5.78 Å². The SMILES string of the molecule is CC(C)([C@H](CC(=O)C1CC1)C(=O)NN(Cc1c(F)cc(-c2ccn(C(F)F)n2)cc1F)C[C@H](O)[C@@H](CC(=O)[C@@H](NC(=O)C1CC1)C(C)(C)C(F)(F)F)Cc1ccc(-c2cnn(C(F)F)c2)cc1)C(F)(F)F. The number of nitrogens with one attached hydrogen (secondary N) is 2. The Labute approximate surface area is 399 Å². The fourth-order valence-corrected chi connectivity index (χ4v) is 7.98. The topological polar surface area (TPSA) is 151 Å². The number of amides is 2. The summed E-state index contributed by atoms with van der Waals surface area (Å²) in [5.41, 5.74) is -4.24. The summed E-state index contributed by atoms with van der Waals surface area (Å²) in [6, 6.07) is 5.96. The van der Waals surface area contributed by atoms with Crippen LogP contribution in [0.3, 0.4) is 0 Å². The fourth-order valence-electron chi connectivity index (χ4n) is 7.98. The molecule has 0 radical (unpaired) electrons. The average molecular weight is 1020 g/mol. The van der Waals surface area contributed by atoms with E-state index in [1.807, 2.05) is 0 Å². The Balaban J connectivity index is 1.38. The van der Waals surface area contributed by atoms with E-state index in [4.69, 9.17) is 0 Å². The number of benzene rings is 2. The Morgan fingerprint density at radius 1 is 0.775 bits per heavy atom. The highest BCUT2D eigenvalue weighted by atomic mass is 19.4. The van der Waals surface area contributed by atoms with Gasteiger partial charge in [-0.3, -0.25) is 24.6 Å². The van der Waals surface area contributed by atoms with Crippen molar-refractivity contribution in [3.63, 3.8) is 0 Å². The first-order valence-electron chi connectivity index (χ1n) is 22.4. The van der Waals surface area contributed by atoms with Crippen LogP contribution in [-0.2, 0) is 32.1 Å². The minimum Gasteiger partial charge on any atom is -0.391 e. The molecule has 0 unspecified atom stereocenters. The highest BCUT2D eigenvalue weighted by molar-refractivity contribution is 5.91. The molecule has 2 amide bonds. The largest absolute Gasteiger partial charge is 0.396 e. The maximum absolute atomic E-state index is 16.0. The van der Waals surface area contributed by atoms with E-state index in [9.17, 15) is 68.2 Å². The number of halogens is 12. The normalized spacial score (nSPS) is 16.6. The van der Waals surface area contributed by atoms with E-state index in [0.29, 0.717) is 80.8 Å². The number of rotatable bonds is 23. The summed E-state index contributed by atoms with van der Waals surface area (Å²) in [5.74, 6) is -11.9. The van der Waals surface area contributed by atoms with E-state index in [2.05, 4.69) is 20.9 Å². The van der Waals surface area contributed by atoms with Crippen LogP contribution in [0.25, 0.3) is 22.4 Å². The molecule has 6 rings (SSSR count). The minimum atomic E-state index is -5.10. The molecule has 71 heavy (non-hydrogen) atoms.